The Hall–Kier alpha value is -0.920. The molecule has 8 N–H and O–H groups in total. The first kappa shape index (κ1) is 49.1. The molecule has 0 spiro atoms. The van der Waals surface area contributed by atoms with Crippen molar-refractivity contribution in [3.63, 3.8) is 0 Å². The smallest absolute Gasteiger partial charge is 0.387 e. The standard InChI is InChI=1S/C39H76NO11P/c1-3-5-7-9-11-13-15-16-17-19-20-22-24-26-28-32(41)31(40-33(42)29-27-25-23-21-18-14-12-10-8-6-4-2)30-50-52(48,49)51-39-37(46)35(44)34(43)36(45)38(39)47/h26,28,31-32,34-39,41,43-47H,3-25,27,29-30H2,1-2H3,(H,40,42)(H,48,49)/b28-26+/t31-,32+,34?,35+,36?,37?,38?,39?/m0/s1. The van der Waals surface area contributed by atoms with Crippen LogP contribution in [0.4, 0.5) is 0 Å². The van der Waals surface area contributed by atoms with Gasteiger partial charge in [0.2, 0.25) is 5.91 Å². The van der Waals surface area contributed by atoms with Crippen LogP contribution in [0, 0.1) is 0 Å². The second-order valence-electron chi connectivity index (χ2n) is 14.8. The molecule has 1 saturated carbocycles. The van der Waals surface area contributed by atoms with Crippen molar-refractivity contribution >= 4 is 13.7 Å². The first-order valence-electron chi connectivity index (χ1n) is 20.6. The van der Waals surface area contributed by atoms with Gasteiger partial charge in [-0.2, -0.15) is 0 Å². The van der Waals surface area contributed by atoms with Crippen molar-refractivity contribution in [2.75, 3.05) is 6.61 Å². The van der Waals surface area contributed by atoms with Crippen LogP contribution in [0.2, 0.25) is 0 Å². The lowest BCUT2D eigenvalue weighted by molar-refractivity contribution is -0.220. The van der Waals surface area contributed by atoms with Crippen LogP contribution in [0.15, 0.2) is 12.2 Å². The Morgan fingerprint density at radius 1 is 0.635 bits per heavy atom. The minimum Gasteiger partial charge on any atom is -0.387 e. The molecule has 0 aromatic heterocycles. The average molecular weight is 766 g/mol. The Morgan fingerprint density at radius 2 is 1.02 bits per heavy atom. The van der Waals surface area contributed by atoms with Gasteiger partial charge < -0.3 is 40.8 Å². The molecule has 0 radical (unpaired) electrons. The van der Waals surface area contributed by atoms with Crippen LogP contribution < -0.4 is 5.32 Å². The summed E-state index contributed by atoms with van der Waals surface area (Å²) in [7, 11) is -5.07. The number of allylic oxidation sites excluding steroid dienone is 1. The Bertz CT molecular complexity index is 941. The lowest BCUT2D eigenvalue weighted by atomic mass is 9.85. The number of aliphatic hydroxyl groups excluding tert-OH is 6. The molecule has 1 rings (SSSR count). The molecule has 13 heteroatoms. The molecule has 0 aromatic rings. The predicted octanol–water partition coefficient (Wildman–Crippen LogP) is 6.50. The van der Waals surface area contributed by atoms with Crippen LogP contribution in [0.5, 0.6) is 0 Å². The van der Waals surface area contributed by atoms with Gasteiger partial charge in [-0.1, -0.05) is 161 Å². The summed E-state index contributed by atoms with van der Waals surface area (Å²) in [6, 6.07) is -1.11. The van der Waals surface area contributed by atoms with Crippen LogP contribution >= 0.6 is 7.82 Å². The molecule has 0 heterocycles. The molecule has 1 fully saturated rings. The third-order valence-corrected chi connectivity index (χ3v) is 11.1. The second kappa shape index (κ2) is 30.3. The third-order valence-electron chi connectivity index (χ3n) is 10.1. The number of hydrogen-bond donors (Lipinski definition) is 8. The number of phosphoric ester groups is 1. The number of unbranched alkanes of at least 4 members (excludes halogenated alkanes) is 22. The molecular formula is C39H76NO11P. The largest absolute Gasteiger partial charge is 0.472 e. The predicted molar refractivity (Wildman–Crippen MR) is 205 cm³/mol. The molecule has 0 bridgehead atoms. The van der Waals surface area contributed by atoms with Gasteiger partial charge in [-0.25, -0.2) is 4.57 Å². The molecule has 1 amide bonds. The van der Waals surface area contributed by atoms with E-state index in [1.165, 1.54) is 109 Å². The van der Waals surface area contributed by atoms with Crippen LogP contribution in [0.25, 0.3) is 0 Å². The summed E-state index contributed by atoms with van der Waals surface area (Å²) in [5, 5.41) is 63.7. The first-order chi connectivity index (χ1) is 24.9. The molecule has 308 valence electrons. The van der Waals surface area contributed by atoms with Gasteiger partial charge in [0.25, 0.3) is 0 Å². The highest BCUT2D eigenvalue weighted by Crippen LogP contribution is 2.47. The molecule has 52 heavy (non-hydrogen) atoms. The van der Waals surface area contributed by atoms with Crippen molar-refractivity contribution in [3.05, 3.63) is 12.2 Å². The van der Waals surface area contributed by atoms with E-state index in [4.69, 9.17) is 9.05 Å². The highest BCUT2D eigenvalue weighted by atomic mass is 31.2. The van der Waals surface area contributed by atoms with Crippen molar-refractivity contribution in [2.24, 2.45) is 0 Å². The number of amides is 1. The number of nitrogens with one attached hydrogen (secondary N) is 1. The average Bonchev–Trinajstić information content (AvgIpc) is 3.12. The number of hydrogen-bond acceptors (Lipinski definition) is 10. The zero-order chi connectivity index (χ0) is 38.6. The summed E-state index contributed by atoms with van der Waals surface area (Å²) in [4.78, 5) is 23.2. The van der Waals surface area contributed by atoms with Gasteiger partial charge in [0.15, 0.2) is 0 Å². The molecule has 9 atom stereocenters. The van der Waals surface area contributed by atoms with E-state index in [1.54, 1.807) is 0 Å². The highest BCUT2D eigenvalue weighted by Gasteiger charge is 2.51. The zero-order valence-electron chi connectivity index (χ0n) is 32.4. The van der Waals surface area contributed by atoms with Gasteiger partial charge in [0, 0.05) is 6.42 Å². The lowest BCUT2D eigenvalue weighted by Gasteiger charge is -2.41. The van der Waals surface area contributed by atoms with Gasteiger partial charge in [-0.05, 0) is 19.3 Å². The van der Waals surface area contributed by atoms with Crippen LogP contribution in [0.3, 0.4) is 0 Å². The Labute approximate surface area is 314 Å². The SMILES string of the molecule is CCCCCCCCCCCCCC/C=C/[C@@H](O)[C@H](COP(=O)(O)OC1C(O)C(O)C(O)[C@@H](O)C1O)NC(=O)CCCCCCCCCCCCC. The summed E-state index contributed by atoms with van der Waals surface area (Å²) in [6.07, 6.45) is 18.6. The van der Waals surface area contributed by atoms with Crippen molar-refractivity contribution in [2.45, 2.75) is 223 Å². The third kappa shape index (κ3) is 22.5. The van der Waals surface area contributed by atoms with Crippen molar-refractivity contribution in [1.82, 2.24) is 5.32 Å². The van der Waals surface area contributed by atoms with E-state index >= 15 is 0 Å². The number of carbonyl (C=O) groups is 1. The molecule has 0 saturated heterocycles. The van der Waals surface area contributed by atoms with Gasteiger partial charge >= 0.3 is 7.82 Å². The quantitative estimate of drug-likeness (QED) is 0.0206. The van der Waals surface area contributed by atoms with Crippen LogP contribution in [0.1, 0.15) is 174 Å². The van der Waals surface area contributed by atoms with Crippen molar-refractivity contribution < 1.29 is 53.9 Å². The van der Waals surface area contributed by atoms with Gasteiger partial charge in [0.05, 0.1) is 18.8 Å². The Kier molecular flexibility index (Phi) is 28.6. The fourth-order valence-electron chi connectivity index (χ4n) is 6.61. The normalized spacial score (nSPS) is 24.6. The number of phosphoric acid groups is 1. The second-order valence-corrected chi connectivity index (χ2v) is 16.2. The van der Waals surface area contributed by atoms with E-state index in [9.17, 15) is 44.9 Å². The van der Waals surface area contributed by atoms with E-state index in [0.29, 0.717) is 6.42 Å². The van der Waals surface area contributed by atoms with E-state index in [2.05, 4.69) is 19.2 Å². The molecule has 0 aliphatic heterocycles. The maximum Gasteiger partial charge on any atom is 0.472 e. The Morgan fingerprint density at radius 3 is 1.46 bits per heavy atom. The summed E-state index contributed by atoms with van der Waals surface area (Å²) in [5.41, 5.74) is 0. The van der Waals surface area contributed by atoms with E-state index in [0.717, 1.165) is 44.9 Å². The fraction of sp³-hybridized carbons (Fsp3) is 0.923. The first-order valence-corrected chi connectivity index (χ1v) is 22.1. The highest BCUT2D eigenvalue weighted by molar-refractivity contribution is 7.47. The summed E-state index contributed by atoms with van der Waals surface area (Å²) in [5.74, 6) is -0.343. The lowest BCUT2D eigenvalue weighted by Crippen LogP contribution is -2.64. The maximum atomic E-state index is 12.8. The topological polar surface area (TPSA) is 206 Å². The Balaban J connectivity index is 2.58. The molecule has 6 unspecified atom stereocenters. The number of aliphatic hydroxyl groups is 6. The number of carbonyl (C=O) groups excluding carboxylic acids is 1. The summed E-state index contributed by atoms with van der Waals surface area (Å²) < 4.78 is 22.8. The zero-order valence-corrected chi connectivity index (χ0v) is 33.3. The summed E-state index contributed by atoms with van der Waals surface area (Å²) >= 11 is 0. The molecule has 0 aromatic carbocycles. The number of rotatable bonds is 33. The molecule has 1 aliphatic rings. The minimum absolute atomic E-state index is 0.217. The maximum absolute atomic E-state index is 12.8. The van der Waals surface area contributed by atoms with Gasteiger partial charge in [-0.3, -0.25) is 13.8 Å². The van der Waals surface area contributed by atoms with E-state index in [1.807, 2.05) is 6.08 Å². The minimum atomic E-state index is -5.07. The molecular weight excluding hydrogens is 689 g/mol. The van der Waals surface area contributed by atoms with Gasteiger partial charge in [0.1, 0.15) is 36.6 Å². The van der Waals surface area contributed by atoms with Gasteiger partial charge in [-0.15, -0.1) is 0 Å². The monoisotopic (exact) mass is 766 g/mol. The van der Waals surface area contributed by atoms with Crippen LogP contribution in [-0.2, 0) is 18.4 Å². The molecule has 12 nitrogen and oxygen atoms in total. The van der Waals surface area contributed by atoms with E-state index < -0.39 is 63.2 Å². The fourth-order valence-corrected chi connectivity index (χ4v) is 7.57. The molecule has 1 aliphatic carbocycles. The van der Waals surface area contributed by atoms with Crippen molar-refractivity contribution in [1.29, 1.82) is 0 Å². The summed E-state index contributed by atoms with van der Waals surface area (Å²) in [6.45, 7) is 3.80. The van der Waals surface area contributed by atoms with Crippen molar-refractivity contribution in [3.8, 4) is 0 Å². The van der Waals surface area contributed by atoms with E-state index in [-0.39, 0.29) is 12.3 Å². The van der Waals surface area contributed by atoms with Crippen LogP contribution in [-0.4, -0.2) is 96.8 Å².